The van der Waals surface area contributed by atoms with Crippen LogP contribution in [0.3, 0.4) is 0 Å². The molecule has 0 N–H and O–H groups in total. The lowest BCUT2D eigenvalue weighted by atomic mass is 10.3. The first-order chi connectivity index (χ1) is 6.27. The first-order valence-corrected chi connectivity index (χ1v) is 3.75. The Morgan fingerprint density at radius 1 is 1.62 bits per heavy atom. The van der Waals surface area contributed by atoms with Crippen LogP contribution in [0.15, 0.2) is 23.3 Å². The summed E-state index contributed by atoms with van der Waals surface area (Å²) in [5.74, 6) is -0.355. The van der Waals surface area contributed by atoms with Crippen LogP contribution in [0.2, 0.25) is 0 Å². The van der Waals surface area contributed by atoms with Gasteiger partial charge in [0.15, 0.2) is 11.6 Å². The zero-order valence-electron chi connectivity index (χ0n) is 7.07. The van der Waals surface area contributed by atoms with Crippen molar-refractivity contribution in [3.63, 3.8) is 0 Å². The molecule has 0 fully saturated rings. The third-order valence-corrected chi connectivity index (χ3v) is 1.38. The summed E-state index contributed by atoms with van der Waals surface area (Å²) < 4.78 is 18.0. The van der Waals surface area contributed by atoms with E-state index in [0.717, 1.165) is 6.07 Å². The van der Waals surface area contributed by atoms with Crippen LogP contribution in [0, 0.1) is 5.82 Å². The van der Waals surface area contributed by atoms with E-state index in [0.29, 0.717) is 6.61 Å². The maximum Gasteiger partial charge on any atom is 0.165 e. The average molecular weight is 181 g/mol. The number of ether oxygens (including phenoxy) is 1. The zero-order valence-corrected chi connectivity index (χ0v) is 7.07. The van der Waals surface area contributed by atoms with Crippen molar-refractivity contribution in [1.29, 1.82) is 0 Å². The molecule has 13 heavy (non-hydrogen) atoms. The van der Waals surface area contributed by atoms with Gasteiger partial charge >= 0.3 is 0 Å². The molecule has 0 bridgehead atoms. The summed E-state index contributed by atoms with van der Waals surface area (Å²) in [6, 6.07) is 4.06. The minimum absolute atomic E-state index is 0.166. The predicted octanol–water partition coefficient (Wildman–Crippen LogP) is 3.17. The standard InChI is InChI=1S/C8H8FN3O/c1-2-13-8-4-3-6(11-12-10)5-7(8)9/h3-5H,2H2,1H3. The highest BCUT2D eigenvalue weighted by Gasteiger charge is 2.02. The zero-order chi connectivity index (χ0) is 9.68. The topological polar surface area (TPSA) is 58.0 Å². The molecule has 4 nitrogen and oxygen atoms in total. The van der Waals surface area contributed by atoms with Crippen molar-refractivity contribution in [1.82, 2.24) is 0 Å². The molecular weight excluding hydrogens is 173 g/mol. The minimum Gasteiger partial charge on any atom is -0.491 e. The van der Waals surface area contributed by atoms with Gasteiger partial charge in [0.25, 0.3) is 0 Å². The first kappa shape index (κ1) is 9.35. The summed E-state index contributed by atoms with van der Waals surface area (Å²) in [5.41, 5.74) is 8.33. The van der Waals surface area contributed by atoms with E-state index in [1.54, 1.807) is 6.92 Å². The average Bonchev–Trinajstić information content (AvgIpc) is 2.10. The van der Waals surface area contributed by atoms with Gasteiger partial charge in [-0.3, -0.25) is 0 Å². The molecule has 1 rings (SSSR count). The Hall–Kier alpha value is -1.74. The third kappa shape index (κ3) is 2.35. The van der Waals surface area contributed by atoms with Crippen LogP contribution in [-0.4, -0.2) is 6.61 Å². The molecule has 68 valence electrons. The monoisotopic (exact) mass is 181 g/mol. The highest BCUT2D eigenvalue weighted by Crippen LogP contribution is 2.22. The Kier molecular flexibility index (Phi) is 3.11. The highest BCUT2D eigenvalue weighted by atomic mass is 19.1. The largest absolute Gasteiger partial charge is 0.491 e. The van der Waals surface area contributed by atoms with Gasteiger partial charge in [0.2, 0.25) is 0 Å². The van der Waals surface area contributed by atoms with Crippen LogP contribution in [0.5, 0.6) is 5.75 Å². The molecule has 0 aromatic heterocycles. The first-order valence-electron chi connectivity index (χ1n) is 3.75. The predicted molar refractivity (Wildman–Crippen MR) is 46.4 cm³/mol. The van der Waals surface area contributed by atoms with Gasteiger partial charge in [0.05, 0.1) is 6.61 Å². The van der Waals surface area contributed by atoms with Gasteiger partial charge in [-0.15, -0.1) is 0 Å². The van der Waals surface area contributed by atoms with Gasteiger partial charge in [-0.2, -0.15) is 0 Å². The van der Waals surface area contributed by atoms with Crippen LogP contribution in [0.1, 0.15) is 6.92 Å². The second-order valence-electron chi connectivity index (χ2n) is 2.24. The molecule has 0 atom stereocenters. The second kappa shape index (κ2) is 4.33. The van der Waals surface area contributed by atoms with Crippen LogP contribution in [-0.2, 0) is 0 Å². The number of nitrogens with zero attached hydrogens (tertiary/aromatic N) is 3. The van der Waals surface area contributed by atoms with Crippen molar-refractivity contribution >= 4 is 5.69 Å². The van der Waals surface area contributed by atoms with Gasteiger partial charge in [-0.25, -0.2) is 4.39 Å². The summed E-state index contributed by atoms with van der Waals surface area (Å²) >= 11 is 0. The van der Waals surface area contributed by atoms with Gasteiger partial charge in [0.1, 0.15) is 0 Å². The van der Waals surface area contributed by atoms with E-state index >= 15 is 0 Å². The Labute approximate surface area is 74.6 Å². The Morgan fingerprint density at radius 3 is 2.92 bits per heavy atom. The van der Waals surface area contributed by atoms with Crippen LogP contribution < -0.4 is 4.74 Å². The van der Waals surface area contributed by atoms with Crippen LogP contribution in [0.4, 0.5) is 10.1 Å². The molecule has 0 amide bonds. The van der Waals surface area contributed by atoms with Crippen LogP contribution >= 0.6 is 0 Å². The minimum atomic E-state index is -0.522. The normalized spacial score (nSPS) is 9.08. The Bertz CT molecular complexity index is 347. The van der Waals surface area contributed by atoms with E-state index in [-0.39, 0.29) is 11.4 Å². The Balaban J connectivity index is 2.97. The van der Waals surface area contributed by atoms with Crippen molar-refractivity contribution < 1.29 is 9.13 Å². The SMILES string of the molecule is CCOc1ccc(N=[N+]=[N-])cc1F. The molecule has 0 unspecified atom stereocenters. The molecule has 0 heterocycles. The van der Waals surface area contributed by atoms with E-state index in [9.17, 15) is 4.39 Å². The molecule has 0 radical (unpaired) electrons. The highest BCUT2D eigenvalue weighted by molar-refractivity contribution is 5.42. The fraction of sp³-hybridized carbons (Fsp3) is 0.250. The third-order valence-electron chi connectivity index (χ3n) is 1.38. The van der Waals surface area contributed by atoms with Gasteiger partial charge in [-0.05, 0) is 30.7 Å². The fourth-order valence-electron chi connectivity index (χ4n) is 0.876. The lowest BCUT2D eigenvalue weighted by Gasteiger charge is -2.03. The van der Waals surface area contributed by atoms with Crippen molar-refractivity contribution in [3.8, 4) is 5.75 Å². The van der Waals surface area contributed by atoms with Crippen molar-refractivity contribution in [2.24, 2.45) is 5.11 Å². The van der Waals surface area contributed by atoms with Gasteiger partial charge < -0.3 is 4.74 Å². The van der Waals surface area contributed by atoms with Crippen molar-refractivity contribution in [2.45, 2.75) is 6.92 Å². The molecule has 0 saturated heterocycles. The summed E-state index contributed by atoms with van der Waals surface area (Å²) in [5, 5.41) is 3.25. The van der Waals surface area contributed by atoms with E-state index < -0.39 is 5.82 Å². The van der Waals surface area contributed by atoms with Gasteiger partial charge in [0, 0.05) is 10.6 Å². The molecule has 0 aliphatic carbocycles. The fourth-order valence-corrected chi connectivity index (χ4v) is 0.876. The molecule has 0 aliphatic heterocycles. The Morgan fingerprint density at radius 2 is 2.38 bits per heavy atom. The van der Waals surface area contributed by atoms with Crippen molar-refractivity contribution in [3.05, 3.63) is 34.5 Å². The number of hydrogen-bond donors (Lipinski definition) is 0. The maximum absolute atomic E-state index is 13.1. The quantitative estimate of drug-likeness (QED) is 0.401. The number of rotatable bonds is 3. The lowest BCUT2D eigenvalue weighted by Crippen LogP contribution is -1.93. The van der Waals surface area contributed by atoms with Crippen LogP contribution in [0.25, 0.3) is 10.4 Å². The maximum atomic E-state index is 13.1. The molecule has 0 saturated carbocycles. The van der Waals surface area contributed by atoms with E-state index in [1.165, 1.54) is 12.1 Å². The number of hydrogen-bond acceptors (Lipinski definition) is 2. The van der Waals surface area contributed by atoms with E-state index in [1.807, 2.05) is 0 Å². The molecule has 0 spiro atoms. The smallest absolute Gasteiger partial charge is 0.165 e. The number of benzene rings is 1. The summed E-state index contributed by atoms with van der Waals surface area (Å²) in [4.78, 5) is 2.54. The second-order valence-corrected chi connectivity index (χ2v) is 2.24. The lowest BCUT2D eigenvalue weighted by molar-refractivity contribution is 0.321. The number of azide groups is 1. The molecular formula is C8H8FN3O. The summed E-state index contributed by atoms with van der Waals surface area (Å²) in [6.07, 6.45) is 0. The van der Waals surface area contributed by atoms with Gasteiger partial charge in [-0.1, -0.05) is 5.11 Å². The summed E-state index contributed by atoms with van der Waals surface area (Å²) in [7, 11) is 0. The van der Waals surface area contributed by atoms with Crippen molar-refractivity contribution in [2.75, 3.05) is 6.61 Å². The molecule has 1 aromatic carbocycles. The molecule has 0 aliphatic rings. The van der Waals surface area contributed by atoms with E-state index in [2.05, 4.69) is 10.0 Å². The number of halogens is 1. The summed E-state index contributed by atoms with van der Waals surface area (Å²) in [6.45, 7) is 2.17. The molecule has 1 aromatic rings. The van der Waals surface area contributed by atoms with E-state index in [4.69, 9.17) is 10.3 Å². The molecule has 5 heteroatoms.